The zero-order valence-electron chi connectivity index (χ0n) is 24.3. The molecule has 0 bridgehead atoms. The summed E-state index contributed by atoms with van der Waals surface area (Å²) < 4.78 is 2.43. The number of nitrogens with zero attached hydrogens (tertiary/aromatic N) is 1. The van der Waals surface area contributed by atoms with Crippen molar-refractivity contribution in [2.24, 2.45) is 5.73 Å². The molecule has 1 aromatic heterocycles. The van der Waals surface area contributed by atoms with Gasteiger partial charge in [-0.2, -0.15) is 0 Å². The van der Waals surface area contributed by atoms with Crippen LogP contribution in [0.3, 0.4) is 0 Å². The van der Waals surface area contributed by atoms with Gasteiger partial charge in [0.25, 0.3) is 0 Å². The van der Waals surface area contributed by atoms with E-state index in [0.29, 0.717) is 6.54 Å². The van der Waals surface area contributed by atoms with Crippen LogP contribution in [0.1, 0.15) is 5.56 Å². The first kappa shape index (κ1) is 25.9. The third-order valence-corrected chi connectivity index (χ3v) is 8.74. The molecule has 0 atom stereocenters. The number of nitrogens with two attached hydrogens (primary N) is 1. The third-order valence-electron chi connectivity index (χ3n) is 8.74. The second-order valence-electron chi connectivity index (χ2n) is 11.3. The third kappa shape index (κ3) is 4.29. The summed E-state index contributed by atoms with van der Waals surface area (Å²) >= 11 is 0. The summed E-state index contributed by atoms with van der Waals surface area (Å²) in [6.07, 6.45) is 7.76. The van der Waals surface area contributed by atoms with Crippen molar-refractivity contribution in [3.8, 4) is 16.8 Å². The Morgan fingerprint density at radius 2 is 1.34 bits per heavy atom. The number of dihydropyridines is 1. The van der Waals surface area contributed by atoms with Crippen LogP contribution in [0.25, 0.3) is 65.9 Å². The Kier molecular flexibility index (Phi) is 6.16. The fraction of sp³-hybridized carbons (Fsp3) is 0.0244. The van der Waals surface area contributed by atoms with Gasteiger partial charge in [0, 0.05) is 39.8 Å². The molecule has 0 fully saturated rings. The van der Waals surface area contributed by atoms with Crippen LogP contribution in [0, 0.1) is 0 Å². The molecule has 44 heavy (non-hydrogen) atoms. The first-order valence-corrected chi connectivity index (χ1v) is 15.0. The Morgan fingerprint density at radius 3 is 2.16 bits per heavy atom. The van der Waals surface area contributed by atoms with Gasteiger partial charge in [0.05, 0.1) is 11.0 Å². The zero-order chi connectivity index (χ0) is 29.6. The van der Waals surface area contributed by atoms with Gasteiger partial charge in [-0.05, 0) is 80.9 Å². The molecule has 0 saturated carbocycles. The lowest BCUT2D eigenvalue weighted by atomic mass is 9.99. The van der Waals surface area contributed by atoms with E-state index in [-0.39, 0.29) is 0 Å². The molecule has 210 valence electrons. The van der Waals surface area contributed by atoms with Crippen LogP contribution >= 0.6 is 0 Å². The number of para-hydroxylation sites is 1. The molecule has 1 aliphatic heterocycles. The molecule has 6 aromatic carbocycles. The second kappa shape index (κ2) is 10.5. The van der Waals surface area contributed by atoms with Crippen LogP contribution in [0.4, 0.5) is 0 Å². The van der Waals surface area contributed by atoms with E-state index in [2.05, 4.69) is 150 Å². The molecule has 2 heterocycles. The maximum absolute atomic E-state index is 6.18. The molecule has 0 aliphatic carbocycles. The van der Waals surface area contributed by atoms with Crippen LogP contribution in [0.15, 0.2) is 163 Å². The minimum Gasteiger partial charge on any atom is -0.398 e. The van der Waals surface area contributed by atoms with E-state index in [0.717, 1.165) is 28.2 Å². The van der Waals surface area contributed by atoms with Crippen LogP contribution in [0.5, 0.6) is 0 Å². The molecular formula is C41H31N3. The molecule has 0 unspecified atom stereocenters. The van der Waals surface area contributed by atoms with Gasteiger partial charge < -0.3 is 15.6 Å². The zero-order valence-corrected chi connectivity index (χ0v) is 24.3. The van der Waals surface area contributed by atoms with Crippen molar-refractivity contribution in [2.75, 3.05) is 6.54 Å². The average molecular weight is 566 g/mol. The van der Waals surface area contributed by atoms with Gasteiger partial charge in [-0.3, -0.25) is 0 Å². The smallest absolute Gasteiger partial charge is 0.0619 e. The topological polar surface area (TPSA) is 43.0 Å². The fourth-order valence-corrected chi connectivity index (χ4v) is 6.52. The molecule has 3 nitrogen and oxygen atoms in total. The molecular weight excluding hydrogens is 534 g/mol. The number of fused-ring (bicyclic) bond motifs is 6. The molecule has 0 radical (unpaired) electrons. The van der Waals surface area contributed by atoms with Crippen LogP contribution < -0.4 is 11.1 Å². The molecule has 0 saturated heterocycles. The van der Waals surface area contributed by atoms with Gasteiger partial charge >= 0.3 is 0 Å². The SMILES string of the molecule is C=C/C=C(\N)C1=CC=C(c2ccc3c(ccc4c5ccc(-c6ccc7ccccc7c6)cc5n(-c5ccccc5)c34)c2)NC1. The van der Waals surface area contributed by atoms with Gasteiger partial charge in [0.2, 0.25) is 0 Å². The standard InChI is InChI=1S/C41H31N3/c1-2-8-38(42)33-18-22-39(43-26-33)32-17-19-35-31(24-32)16-21-37-36-20-15-30(29-14-13-27-9-6-7-10-28(27)23-29)25-40(36)44(41(35)37)34-11-4-3-5-12-34/h2-25,43H,1,26,42H2/b38-8-. The van der Waals surface area contributed by atoms with Gasteiger partial charge in [0.1, 0.15) is 0 Å². The van der Waals surface area contributed by atoms with E-state index in [1.807, 2.05) is 6.08 Å². The molecule has 0 amide bonds. The molecule has 8 rings (SSSR count). The number of hydrogen-bond donors (Lipinski definition) is 2. The largest absolute Gasteiger partial charge is 0.398 e. The predicted molar refractivity (Wildman–Crippen MR) is 188 cm³/mol. The summed E-state index contributed by atoms with van der Waals surface area (Å²) in [6.45, 7) is 4.44. The van der Waals surface area contributed by atoms with Crippen LogP contribution in [-0.4, -0.2) is 11.1 Å². The lowest BCUT2D eigenvalue weighted by molar-refractivity contribution is 0.943. The molecule has 3 N–H and O–H groups in total. The molecule has 3 heteroatoms. The predicted octanol–water partition coefficient (Wildman–Crippen LogP) is 9.66. The van der Waals surface area contributed by atoms with Gasteiger partial charge in [-0.25, -0.2) is 0 Å². The van der Waals surface area contributed by atoms with E-state index in [4.69, 9.17) is 5.73 Å². The van der Waals surface area contributed by atoms with Crippen molar-refractivity contribution >= 4 is 49.0 Å². The highest BCUT2D eigenvalue weighted by atomic mass is 15.0. The first-order valence-electron chi connectivity index (χ1n) is 15.0. The summed E-state index contributed by atoms with van der Waals surface area (Å²) in [5.74, 6) is 0. The first-order chi connectivity index (χ1) is 21.7. The van der Waals surface area contributed by atoms with E-state index >= 15 is 0 Å². The van der Waals surface area contributed by atoms with Gasteiger partial charge in [-0.1, -0.05) is 110 Å². The lowest BCUT2D eigenvalue weighted by Gasteiger charge is -2.18. The number of nitrogens with one attached hydrogen (secondary N) is 1. The van der Waals surface area contributed by atoms with E-state index in [9.17, 15) is 0 Å². The van der Waals surface area contributed by atoms with E-state index in [1.165, 1.54) is 54.5 Å². The normalized spacial score (nSPS) is 13.7. The Hall–Kier alpha value is -5.80. The quantitative estimate of drug-likeness (QED) is 0.204. The van der Waals surface area contributed by atoms with Crippen molar-refractivity contribution in [3.63, 3.8) is 0 Å². The average Bonchev–Trinajstić information content (AvgIpc) is 3.42. The Morgan fingerprint density at radius 1 is 0.659 bits per heavy atom. The number of benzene rings is 6. The Bertz CT molecular complexity index is 2350. The van der Waals surface area contributed by atoms with E-state index < -0.39 is 0 Å². The number of allylic oxidation sites excluding steroid dienone is 4. The summed E-state index contributed by atoms with van der Waals surface area (Å²) in [5, 5.41) is 11.0. The van der Waals surface area contributed by atoms with Crippen LogP contribution in [-0.2, 0) is 0 Å². The van der Waals surface area contributed by atoms with Crippen molar-refractivity contribution in [1.29, 1.82) is 0 Å². The maximum Gasteiger partial charge on any atom is 0.0619 e. The lowest BCUT2D eigenvalue weighted by Crippen LogP contribution is -2.21. The minimum absolute atomic E-state index is 0.681. The highest BCUT2D eigenvalue weighted by Crippen LogP contribution is 2.39. The number of aromatic nitrogens is 1. The monoisotopic (exact) mass is 565 g/mol. The highest BCUT2D eigenvalue weighted by Gasteiger charge is 2.17. The van der Waals surface area contributed by atoms with Crippen molar-refractivity contribution in [1.82, 2.24) is 9.88 Å². The molecule has 0 spiro atoms. The van der Waals surface area contributed by atoms with Crippen molar-refractivity contribution < 1.29 is 0 Å². The van der Waals surface area contributed by atoms with Gasteiger partial charge in [-0.15, -0.1) is 0 Å². The van der Waals surface area contributed by atoms with Crippen LogP contribution in [0.2, 0.25) is 0 Å². The van der Waals surface area contributed by atoms with E-state index in [1.54, 1.807) is 6.08 Å². The minimum atomic E-state index is 0.681. The summed E-state index contributed by atoms with van der Waals surface area (Å²) in [7, 11) is 0. The second-order valence-corrected chi connectivity index (χ2v) is 11.3. The summed E-state index contributed by atoms with van der Waals surface area (Å²) in [6, 6.07) is 44.2. The fourth-order valence-electron chi connectivity index (χ4n) is 6.52. The summed E-state index contributed by atoms with van der Waals surface area (Å²) in [4.78, 5) is 0. The van der Waals surface area contributed by atoms with Crippen molar-refractivity contribution in [3.05, 3.63) is 169 Å². The maximum atomic E-state index is 6.18. The van der Waals surface area contributed by atoms with Gasteiger partial charge in [0.15, 0.2) is 0 Å². The van der Waals surface area contributed by atoms with Crippen molar-refractivity contribution in [2.45, 2.75) is 0 Å². The Labute approximate surface area is 256 Å². The molecule has 7 aromatic rings. The summed E-state index contributed by atoms with van der Waals surface area (Å²) in [5.41, 5.74) is 16.2. The highest BCUT2D eigenvalue weighted by molar-refractivity contribution is 6.19. The Balaban J connectivity index is 1.31. The number of hydrogen-bond acceptors (Lipinski definition) is 2. The molecule has 1 aliphatic rings. The number of rotatable bonds is 5.